The van der Waals surface area contributed by atoms with Gasteiger partial charge in [0, 0.05) is 6.42 Å². The highest BCUT2D eigenvalue weighted by atomic mass is 16.7. The van der Waals surface area contributed by atoms with E-state index in [4.69, 9.17) is 18.9 Å². The first-order valence-electron chi connectivity index (χ1n) is 15.1. The standard InChI is InChI=1S/C39H38O4/c1-5-13-30(14-6-1)27-40-38(41-28-31-15-7-2-8-16-31)26-33-21-23-36-35(25-33)22-24-37(43-36)39(34-19-11-4-12-20-34)42-29-32-17-9-3-10-18-32/h1-21,23,25,37-39H,22,24,26-29H2. The van der Waals surface area contributed by atoms with Crippen LogP contribution in [0.15, 0.2) is 140 Å². The van der Waals surface area contributed by atoms with Gasteiger partial charge in [-0.3, -0.25) is 0 Å². The summed E-state index contributed by atoms with van der Waals surface area (Å²) in [6, 6.07) is 47.7. The van der Waals surface area contributed by atoms with Crippen LogP contribution in [0.25, 0.3) is 0 Å². The van der Waals surface area contributed by atoms with Crippen LogP contribution in [0.1, 0.15) is 45.9 Å². The van der Waals surface area contributed by atoms with Crippen molar-refractivity contribution in [1.82, 2.24) is 0 Å². The summed E-state index contributed by atoms with van der Waals surface area (Å²) in [6.45, 7) is 1.54. The fraction of sp³-hybridized carbons (Fsp3) is 0.231. The minimum absolute atomic E-state index is 0.0689. The average Bonchev–Trinajstić information content (AvgIpc) is 3.08. The third-order valence-corrected chi connectivity index (χ3v) is 7.80. The second-order valence-corrected chi connectivity index (χ2v) is 11.0. The Kier molecular flexibility index (Phi) is 9.93. The molecule has 5 aromatic carbocycles. The Bertz CT molecular complexity index is 1480. The van der Waals surface area contributed by atoms with Crippen molar-refractivity contribution in [3.05, 3.63) is 173 Å². The summed E-state index contributed by atoms with van der Waals surface area (Å²) in [5, 5.41) is 0. The van der Waals surface area contributed by atoms with Gasteiger partial charge >= 0.3 is 0 Å². The summed E-state index contributed by atoms with van der Waals surface area (Å²) < 4.78 is 25.7. The van der Waals surface area contributed by atoms with E-state index in [-0.39, 0.29) is 18.5 Å². The molecule has 4 heteroatoms. The van der Waals surface area contributed by atoms with Crippen LogP contribution < -0.4 is 4.74 Å². The normalized spacial score (nSPS) is 15.0. The first-order chi connectivity index (χ1) is 21.3. The SMILES string of the molecule is c1ccc(COC(Cc2ccc3c(c2)CCC(C(OCc2ccccc2)c2ccccc2)O3)OCc2ccccc2)cc1. The Morgan fingerprint density at radius 3 is 1.63 bits per heavy atom. The highest BCUT2D eigenvalue weighted by Crippen LogP contribution is 2.36. The summed E-state index contributed by atoms with van der Waals surface area (Å²) in [7, 11) is 0. The van der Waals surface area contributed by atoms with E-state index in [9.17, 15) is 0 Å². The fourth-order valence-corrected chi connectivity index (χ4v) is 5.51. The fourth-order valence-electron chi connectivity index (χ4n) is 5.51. The zero-order valence-electron chi connectivity index (χ0n) is 24.4. The first kappa shape index (κ1) is 28.9. The molecule has 1 aliphatic rings. The van der Waals surface area contributed by atoms with Crippen LogP contribution in [-0.4, -0.2) is 12.4 Å². The zero-order chi connectivity index (χ0) is 29.1. The molecule has 0 bridgehead atoms. The van der Waals surface area contributed by atoms with Crippen molar-refractivity contribution in [2.24, 2.45) is 0 Å². The monoisotopic (exact) mass is 570 g/mol. The van der Waals surface area contributed by atoms with E-state index in [0.29, 0.717) is 26.2 Å². The predicted octanol–water partition coefficient (Wildman–Crippen LogP) is 8.64. The highest BCUT2D eigenvalue weighted by Gasteiger charge is 2.30. The molecular formula is C39H38O4. The minimum Gasteiger partial charge on any atom is -0.487 e. The largest absolute Gasteiger partial charge is 0.487 e. The Morgan fingerprint density at radius 1 is 0.558 bits per heavy atom. The second kappa shape index (κ2) is 14.8. The first-order valence-corrected chi connectivity index (χ1v) is 15.1. The molecule has 0 radical (unpaired) electrons. The van der Waals surface area contributed by atoms with Crippen LogP contribution in [0, 0.1) is 0 Å². The molecular weight excluding hydrogens is 532 g/mol. The topological polar surface area (TPSA) is 36.9 Å². The molecule has 4 nitrogen and oxygen atoms in total. The van der Waals surface area contributed by atoms with Gasteiger partial charge in [-0.05, 0) is 52.3 Å². The lowest BCUT2D eigenvalue weighted by Crippen LogP contribution is -2.31. The molecule has 5 aromatic rings. The second-order valence-electron chi connectivity index (χ2n) is 11.0. The lowest BCUT2D eigenvalue weighted by atomic mass is 9.94. The number of hydrogen-bond donors (Lipinski definition) is 0. The van der Waals surface area contributed by atoms with Gasteiger partial charge in [-0.1, -0.05) is 133 Å². The van der Waals surface area contributed by atoms with Gasteiger partial charge in [0.15, 0.2) is 6.29 Å². The quantitative estimate of drug-likeness (QED) is 0.133. The van der Waals surface area contributed by atoms with Gasteiger partial charge in [0.05, 0.1) is 19.8 Å². The Morgan fingerprint density at radius 2 is 1.07 bits per heavy atom. The summed E-state index contributed by atoms with van der Waals surface area (Å²) >= 11 is 0. The summed E-state index contributed by atoms with van der Waals surface area (Å²) in [5.74, 6) is 0.927. The summed E-state index contributed by atoms with van der Waals surface area (Å²) in [5.41, 5.74) is 6.94. The van der Waals surface area contributed by atoms with Crippen molar-refractivity contribution < 1.29 is 18.9 Å². The van der Waals surface area contributed by atoms with Gasteiger partial charge < -0.3 is 18.9 Å². The number of hydrogen-bond acceptors (Lipinski definition) is 4. The van der Waals surface area contributed by atoms with Gasteiger partial charge in [-0.25, -0.2) is 0 Å². The molecule has 0 spiro atoms. The molecule has 43 heavy (non-hydrogen) atoms. The molecule has 0 aromatic heterocycles. The third-order valence-electron chi connectivity index (χ3n) is 7.80. The van der Waals surface area contributed by atoms with Gasteiger partial charge in [0.25, 0.3) is 0 Å². The Hall–Kier alpha value is -4.22. The predicted molar refractivity (Wildman–Crippen MR) is 170 cm³/mol. The van der Waals surface area contributed by atoms with Crippen molar-refractivity contribution >= 4 is 0 Å². The van der Waals surface area contributed by atoms with Gasteiger partial charge in [-0.2, -0.15) is 0 Å². The van der Waals surface area contributed by atoms with Crippen LogP contribution in [-0.2, 0) is 46.9 Å². The molecule has 1 heterocycles. The molecule has 0 N–H and O–H groups in total. The van der Waals surface area contributed by atoms with Crippen molar-refractivity contribution in [3.63, 3.8) is 0 Å². The summed E-state index contributed by atoms with van der Waals surface area (Å²) in [4.78, 5) is 0. The van der Waals surface area contributed by atoms with E-state index in [2.05, 4.69) is 78.9 Å². The molecule has 0 saturated carbocycles. The van der Waals surface area contributed by atoms with Crippen LogP contribution in [0.5, 0.6) is 5.75 Å². The Labute approximate surface area is 254 Å². The molecule has 0 fully saturated rings. The summed E-state index contributed by atoms with van der Waals surface area (Å²) in [6.07, 6.45) is 1.86. The zero-order valence-corrected chi connectivity index (χ0v) is 24.4. The van der Waals surface area contributed by atoms with Crippen LogP contribution >= 0.6 is 0 Å². The lowest BCUT2D eigenvalue weighted by Gasteiger charge is -2.33. The number of rotatable bonds is 13. The molecule has 0 aliphatic carbocycles. The molecule has 2 atom stereocenters. The highest BCUT2D eigenvalue weighted by molar-refractivity contribution is 5.39. The number of aryl methyl sites for hydroxylation is 1. The maximum absolute atomic E-state index is 6.62. The van der Waals surface area contributed by atoms with E-state index in [1.807, 2.05) is 60.7 Å². The molecule has 218 valence electrons. The number of fused-ring (bicyclic) bond motifs is 1. The van der Waals surface area contributed by atoms with Gasteiger partial charge in [0.1, 0.15) is 18.0 Å². The third kappa shape index (κ3) is 8.20. The van der Waals surface area contributed by atoms with Crippen LogP contribution in [0.2, 0.25) is 0 Å². The lowest BCUT2D eigenvalue weighted by molar-refractivity contribution is -0.155. The minimum atomic E-state index is -0.371. The van der Waals surface area contributed by atoms with E-state index in [0.717, 1.165) is 40.8 Å². The van der Waals surface area contributed by atoms with E-state index < -0.39 is 0 Å². The molecule has 0 amide bonds. The Balaban J connectivity index is 1.14. The molecule has 2 unspecified atom stereocenters. The average molecular weight is 571 g/mol. The van der Waals surface area contributed by atoms with Crippen molar-refractivity contribution in [2.75, 3.05) is 0 Å². The van der Waals surface area contributed by atoms with Gasteiger partial charge in [0.2, 0.25) is 0 Å². The molecule has 1 aliphatic heterocycles. The van der Waals surface area contributed by atoms with Gasteiger partial charge in [-0.15, -0.1) is 0 Å². The maximum atomic E-state index is 6.62. The smallest absolute Gasteiger partial charge is 0.162 e. The van der Waals surface area contributed by atoms with Crippen molar-refractivity contribution in [3.8, 4) is 5.75 Å². The maximum Gasteiger partial charge on any atom is 0.162 e. The molecule has 0 saturated heterocycles. The van der Waals surface area contributed by atoms with Crippen LogP contribution in [0.4, 0.5) is 0 Å². The van der Waals surface area contributed by atoms with Crippen LogP contribution in [0.3, 0.4) is 0 Å². The van der Waals surface area contributed by atoms with E-state index in [1.165, 1.54) is 11.1 Å². The van der Waals surface area contributed by atoms with E-state index in [1.54, 1.807) is 0 Å². The number of benzene rings is 5. The van der Waals surface area contributed by atoms with E-state index >= 15 is 0 Å². The van der Waals surface area contributed by atoms with Crippen molar-refractivity contribution in [2.45, 2.75) is 57.6 Å². The van der Waals surface area contributed by atoms with Crippen molar-refractivity contribution in [1.29, 1.82) is 0 Å². The number of ether oxygens (including phenoxy) is 4. The molecule has 6 rings (SSSR count).